The summed E-state index contributed by atoms with van der Waals surface area (Å²) in [5.41, 5.74) is 2.08. The molecule has 1 rings (SSSR count). The van der Waals surface area contributed by atoms with E-state index in [1.165, 1.54) is 0 Å². The summed E-state index contributed by atoms with van der Waals surface area (Å²) in [4.78, 5) is 0.220. The molecule has 4 N–H and O–H groups in total. The summed E-state index contributed by atoms with van der Waals surface area (Å²) in [6.07, 6.45) is 0.130. The first-order valence-corrected chi connectivity index (χ1v) is 9.56. The molecule has 1 aromatic carbocycles. The first-order chi connectivity index (χ1) is 9.57. The molecule has 0 aromatic heterocycles. The second-order valence-corrected chi connectivity index (χ2v) is 8.25. The summed E-state index contributed by atoms with van der Waals surface area (Å²) < 4.78 is 48.6. The van der Waals surface area contributed by atoms with Crippen molar-refractivity contribution in [2.24, 2.45) is 5.14 Å². The first kappa shape index (κ1) is 17.9. The summed E-state index contributed by atoms with van der Waals surface area (Å²) in [5, 5.41) is 7.83. The third-order valence-corrected chi connectivity index (χ3v) is 5.54. The molecule has 1 aromatic rings. The van der Waals surface area contributed by atoms with E-state index in [9.17, 15) is 16.8 Å². The molecule has 0 saturated carbocycles. The molecule has 0 aliphatic rings. The highest BCUT2D eigenvalue weighted by atomic mass is 32.2. The van der Waals surface area contributed by atoms with Crippen LogP contribution in [0.2, 0.25) is 0 Å². The lowest BCUT2D eigenvalue weighted by molar-refractivity contribution is 0.575. The van der Waals surface area contributed by atoms with Crippen LogP contribution in [0.3, 0.4) is 0 Å². The number of benzene rings is 1. The Balaban J connectivity index is 2.89. The summed E-state index contributed by atoms with van der Waals surface area (Å²) in [6.45, 7) is 3.45. The molecule has 0 unspecified atom stereocenters. The standard InChI is InChI=1S/C12H21N3O4S2/c1-9-7-11(14-3)8-10(2)12(9)21(18,19)15-5-4-6-20(13,16)17/h7-8,14-15H,4-6H2,1-3H3,(H2,13,16,17). The van der Waals surface area contributed by atoms with E-state index in [4.69, 9.17) is 5.14 Å². The molecule has 0 atom stereocenters. The average Bonchev–Trinajstić information content (AvgIpc) is 2.32. The quantitative estimate of drug-likeness (QED) is 0.619. The number of nitrogens with one attached hydrogen (secondary N) is 2. The Hall–Kier alpha value is -1.16. The summed E-state index contributed by atoms with van der Waals surface area (Å²) in [5.74, 6) is -0.258. The van der Waals surface area contributed by atoms with Gasteiger partial charge in [0.1, 0.15) is 0 Å². The Morgan fingerprint density at radius 3 is 2.05 bits per heavy atom. The van der Waals surface area contributed by atoms with Crippen LogP contribution in [0, 0.1) is 13.8 Å². The minimum Gasteiger partial charge on any atom is -0.388 e. The zero-order valence-corrected chi connectivity index (χ0v) is 13.9. The topological polar surface area (TPSA) is 118 Å². The van der Waals surface area contributed by atoms with Gasteiger partial charge in [-0.3, -0.25) is 0 Å². The summed E-state index contributed by atoms with van der Waals surface area (Å²) in [7, 11) is -5.49. The Labute approximate surface area is 126 Å². The van der Waals surface area contributed by atoms with Gasteiger partial charge in [0.25, 0.3) is 0 Å². The SMILES string of the molecule is CNc1cc(C)c(S(=O)(=O)NCCCS(N)(=O)=O)c(C)c1. The van der Waals surface area contributed by atoms with Gasteiger partial charge in [-0.25, -0.2) is 26.7 Å². The molecule has 0 saturated heterocycles. The fourth-order valence-corrected chi connectivity index (χ4v) is 4.14. The Bertz CT molecular complexity index is 689. The molecule has 0 heterocycles. The Kier molecular flexibility index (Phi) is 5.74. The van der Waals surface area contributed by atoms with Crippen LogP contribution in [0.15, 0.2) is 17.0 Å². The lowest BCUT2D eigenvalue weighted by atomic mass is 10.1. The lowest BCUT2D eigenvalue weighted by Crippen LogP contribution is -2.28. The van der Waals surface area contributed by atoms with Gasteiger partial charge in [0.05, 0.1) is 10.6 Å². The molecule has 0 bridgehead atoms. The lowest BCUT2D eigenvalue weighted by Gasteiger charge is -2.14. The van der Waals surface area contributed by atoms with E-state index in [1.54, 1.807) is 33.0 Å². The minimum atomic E-state index is -3.68. The van der Waals surface area contributed by atoms with Crippen molar-refractivity contribution in [2.75, 3.05) is 24.7 Å². The highest BCUT2D eigenvalue weighted by molar-refractivity contribution is 7.89. The minimum absolute atomic E-state index is 0.0193. The molecule has 0 spiro atoms. The zero-order valence-electron chi connectivity index (χ0n) is 12.3. The van der Waals surface area contributed by atoms with Crippen molar-refractivity contribution >= 4 is 25.7 Å². The monoisotopic (exact) mass is 335 g/mol. The maximum atomic E-state index is 12.3. The number of rotatable bonds is 7. The van der Waals surface area contributed by atoms with Gasteiger partial charge < -0.3 is 5.32 Å². The van der Waals surface area contributed by atoms with Crippen LogP contribution >= 0.6 is 0 Å². The van der Waals surface area contributed by atoms with Crippen LogP contribution in [-0.4, -0.2) is 36.2 Å². The number of sulfonamides is 2. The third kappa shape index (κ3) is 5.27. The van der Waals surface area contributed by atoms with Crippen molar-refractivity contribution in [1.29, 1.82) is 0 Å². The van der Waals surface area contributed by atoms with E-state index in [2.05, 4.69) is 10.0 Å². The van der Waals surface area contributed by atoms with Crippen molar-refractivity contribution in [3.63, 3.8) is 0 Å². The molecular weight excluding hydrogens is 314 g/mol. The van der Waals surface area contributed by atoms with Crippen molar-refractivity contribution in [3.05, 3.63) is 23.3 Å². The van der Waals surface area contributed by atoms with E-state index in [0.717, 1.165) is 5.69 Å². The first-order valence-electron chi connectivity index (χ1n) is 6.36. The zero-order chi connectivity index (χ0) is 16.3. The molecular formula is C12H21N3O4S2. The molecule has 0 aliphatic heterocycles. The molecule has 21 heavy (non-hydrogen) atoms. The number of hydrogen-bond acceptors (Lipinski definition) is 5. The normalized spacial score (nSPS) is 12.4. The number of nitrogens with two attached hydrogens (primary N) is 1. The van der Waals surface area contributed by atoms with Gasteiger partial charge >= 0.3 is 0 Å². The largest absolute Gasteiger partial charge is 0.388 e. The van der Waals surface area contributed by atoms with Gasteiger partial charge in [0.15, 0.2) is 0 Å². The van der Waals surface area contributed by atoms with Crippen molar-refractivity contribution in [1.82, 2.24) is 4.72 Å². The maximum absolute atomic E-state index is 12.3. The van der Waals surface area contributed by atoms with Crippen molar-refractivity contribution in [3.8, 4) is 0 Å². The van der Waals surface area contributed by atoms with Crippen LogP contribution in [0.5, 0.6) is 0 Å². The van der Waals surface area contributed by atoms with Gasteiger partial charge in [-0.2, -0.15) is 0 Å². The second kappa shape index (κ2) is 6.73. The fourth-order valence-electron chi connectivity index (χ4n) is 2.07. The maximum Gasteiger partial charge on any atom is 0.241 e. The Morgan fingerprint density at radius 2 is 1.62 bits per heavy atom. The number of anilines is 1. The third-order valence-electron chi connectivity index (χ3n) is 2.92. The van der Waals surface area contributed by atoms with Gasteiger partial charge in [-0.15, -0.1) is 0 Å². The number of aryl methyl sites for hydroxylation is 2. The van der Waals surface area contributed by atoms with Crippen molar-refractivity contribution in [2.45, 2.75) is 25.2 Å². The van der Waals surface area contributed by atoms with Gasteiger partial charge in [0.2, 0.25) is 20.0 Å². The predicted octanol–water partition coefficient (Wildman–Crippen LogP) is 0.302. The molecule has 0 radical (unpaired) electrons. The number of primary sulfonamides is 1. The number of hydrogen-bond donors (Lipinski definition) is 3. The van der Waals surface area contributed by atoms with Gasteiger partial charge in [-0.05, 0) is 43.5 Å². The van der Waals surface area contributed by atoms with Crippen LogP contribution < -0.4 is 15.2 Å². The molecule has 0 aliphatic carbocycles. The van der Waals surface area contributed by atoms with E-state index < -0.39 is 20.0 Å². The molecule has 0 amide bonds. The van der Waals surface area contributed by atoms with Crippen LogP contribution in [0.1, 0.15) is 17.5 Å². The van der Waals surface area contributed by atoms with Crippen LogP contribution in [0.4, 0.5) is 5.69 Å². The van der Waals surface area contributed by atoms with Crippen LogP contribution in [0.25, 0.3) is 0 Å². The highest BCUT2D eigenvalue weighted by Gasteiger charge is 2.19. The fraction of sp³-hybridized carbons (Fsp3) is 0.500. The summed E-state index contributed by atoms with van der Waals surface area (Å²) in [6, 6.07) is 3.48. The highest BCUT2D eigenvalue weighted by Crippen LogP contribution is 2.24. The molecule has 120 valence electrons. The van der Waals surface area contributed by atoms with E-state index in [1.807, 2.05) is 0 Å². The van der Waals surface area contributed by atoms with E-state index >= 15 is 0 Å². The molecule has 0 fully saturated rings. The van der Waals surface area contributed by atoms with Crippen LogP contribution in [-0.2, 0) is 20.0 Å². The molecule has 9 heteroatoms. The van der Waals surface area contributed by atoms with E-state index in [-0.39, 0.29) is 23.6 Å². The molecule has 7 nitrogen and oxygen atoms in total. The van der Waals surface area contributed by atoms with E-state index in [0.29, 0.717) is 11.1 Å². The van der Waals surface area contributed by atoms with Gasteiger partial charge in [-0.1, -0.05) is 0 Å². The Morgan fingerprint density at radius 1 is 1.10 bits per heavy atom. The second-order valence-electron chi connectivity index (χ2n) is 4.81. The smallest absolute Gasteiger partial charge is 0.241 e. The average molecular weight is 335 g/mol. The summed E-state index contributed by atoms with van der Waals surface area (Å²) >= 11 is 0. The van der Waals surface area contributed by atoms with Gasteiger partial charge in [0, 0.05) is 19.3 Å². The van der Waals surface area contributed by atoms with Crippen molar-refractivity contribution < 1.29 is 16.8 Å². The predicted molar refractivity (Wildman–Crippen MR) is 83.2 cm³/mol.